The van der Waals surface area contributed by atoms with Gasteiger partial charge < -0.3 is 9.84 Å². The number of pyridine rings is 1. The second kappa shape index (κ2) is 5.95. The van der Waals surface area contributed by atoms with Crippen molar-refractivity contribution in [3.63, 3.8) is 0 Å². The van der Waals surface area contributed by atoms with Crippen LogP contribution in [0.1, 0.15) is 47.5 Å². The number of carbonyl (C=O) groups is 1. The molecule has 21 heavy (non-hydrogen) atoms. The average Bonchev–Trinajstić information content (AvgIpc) is 3.03. The summed E-state index contributed by atoms with van der Waals surface area (Å²) in [6.45, 7) is 0. The summed E-state index contributed by atoms with van der Waals surface area (Å²) in [4.78, 5) is 14.7. The molecule has 1 heterocycles. The number of aromatic nitrogens is 1. The Labute approximate surface area is 123 Å². The van der Waals surface area contributed by atoms with Crippen LogP contribution in [-0.2, 0) is 0 Å². The number of rotatable bonds is 4. The second-order valence-corrected chi connectivity index (χ2v) is 5.34. The van der Waals surface area contributed by atoms with E-state index >= 15 is 0 Å². The molecule has 108 valence electrons. The maximum Gasteiger partial charge on any atom is 0.337 e. The van der Waals surface area contributed by atoms with Crippen molar-refractivity contribution < 1.29 is 14.6 Å². The molecule has 1 fully saturated rings. The number of carboxylic acid groups (broad SMARTS) is 1. The maximum atomic E-state index is 10.8. The van der Waals surface area contributed by atoms with Gasteiger partial charge in [0.25, 0.3) is 0 Å². The smallest absolute Gasteiger partial charge is 0.337 e. The molecule has 0 unspecified atom stereocenters. The van der Waals surface area contributed by atoms with E-state index in [4.69, 9.17) is 9.84 Å². The number of aromatic carboxylic acids is 1. The lowest BCUT2D eigenvalue weighted by Gasteiger charge is -2.10. The summed E-state index contributed by atoms with van der Waals surface area (Å²) >= 11 is 0. The zero-order valence-corrected chi connectivity index (χ0v) is 11.7. The molecule has 4 nitrogen and oxygen atoms in total. The van der Waals surface area contributed by atoms with Crippen LogP contribution in [-0.4, -0.2) is 16.1 Å². The van der Waals surface area contributed by atoms with E-state index in [-0.39, 0.29) is 5.56 Å². The maximum absolute atomic E-state index is 10.8. The molecule has 0 spiro atoms. The molecule has 0 amide bonds. The molecular formula is C17H17NO3. The molecule has 1 aromatic heterocycles. The molecule has 2 aromatic rings. The van der Waals surface area contributed by atoms with Gasteiger partial charge in [-0.3, -0.25) is 0 Å². The second-order valence-electron chi connectivity index (χ2n) is 5.34. The third-order valence-corrected chi connectivity index (χ3v) is 3.91. The molecule has 4 heteroatoms. The average molecular weight is 283 g/mol. The van der Waals surface area contributed by atoms with Gasteiger partial charge in [-0.2, -0.15) is 0 Å². The first-order valence-corrected chi connectivity index (χ1v) is 7.19. The highest BCUT2D eigenvalue weighted by Gasteiger charge is 2.16. The first-order chi connectivity index (χ1) is 10.2. The fourth-order valence-corrected chi connectivity index (χ4v) is 2.76. The van der Waals surface area contributed by atoms with Gasteiger partial charge in [0, 0.05) is 12.3 Å². The van der Waals surface area contributed by atoms with Gasteiger partial charge in [-0.25, -0.2) is 9.78 Å². The van der Waals surface area contributed by atoms with Crippen molar-refractivity contribution >= 4 is 5.97 Å². The molecular weight excluding hydrogens is 266 g/mol. The van der Waals surface area contributed by atoms with Gasteiger partial charge in [-0.15, -0.1) is 0 Å². The van der Waals surface area contributed by atoms with E-state index in [0.717, 1.165) is 0 Å². The van der Waals surface area contributed by atoms with Crippen molar-refractivity contribution in [2.24, 2.45) is 0 Å². The van der Waals surface area contributed by atoms with E-state index in [9.17, 15) is 4.79 Å². The number of ether oxygens (including phenoxy) is 1. The third kappa shape index (κ3) is 3.21. The molecule has 0 aliphatic heterocycles. The predicted molar refractivity (Wildman–Crippen MR) is 78.9 cm³/mol. The molecule has 1 aromatic carbocycles. The van der Waals surface area contributed by atoms with Crippen LogP contribution in [0.3, 0.4) is 0 Å². The van der Waals surface area contributed by atoms with Crippen LogP contribution in [0.5, 0.6) is 11.6 Å². The van der Waals surface area contributed by atoms with Gasteiger partial charge in [-0.1, -0.05) is 25.0 Å². The monoisotopic (exact) mass is 283 g/mol. The summed E-state index contributed by atoms with van der Waals surface area (Å²) in [5, 5.41) is 8.82. The number of benzene rings is 1. The van der Waals surface area contributed by atoms with E-state index in [1.54, 1.807) is 6.07 Å². The molecule has 1 saturated carbocycles. The molecule has 1 aliphatic rings. The number of nitrogens with zero attached hydrogens (tertiary/aromatic N) is 1. The minimum atomic E-state index is -0.991. The minimum absolute atomic E-state index is 0.152. The summed E-state index contributed by atoms with van der Waals surface area (Å²) in [5.74, 6) is 0.808. The van der Waals surface area contributed by atoms with Gasteiger partial charge in [-0.05, 0) is 42.5 Å². The summed E-state index contributed by atoms with van der Waals surface area (Å²) in [6.07, 6.45) is 6.49. The van der Waals surface area contributed by atoms with Crippen molar-refractivity contribution in [1.29, 1.82) is 0 Å². The fraction of sp³-hybridized carbons (Fsp3) is 0.294. The summed E-state index contributed by atoms with van der Waals surface area (Å²) in [6, 6.07) is 11.2. The zero-order valence-electron chi connectivity index (χ0n) is 11.7. The molecule has 3 rings (SSSR count). The highest BCUT2D eigenvalue weighted by atomic mass is 16.5. The van der Waals surface area contributed by atoms with Gasteiger partial charge in [0.1, 0.15) is 5.75 Å². The summed E-state index contributed by atoms with van der Waals surface area (Å²) < 4.78 is 5.63. The van der Waals surface area contributed by atoms with Crippen LogP contribution in [0.25, 0.3) is 0 Å². The quantitative estimate of drug-likeness (QED) is 0.912. The lowest BCUT2D eigenvalue weighted by atomic mass is 9.98. The molecule has 0 radical (unpaired) electrons. The number of hydrogen-bond acceptors (Lipinski definition) is 3. The Morgan fingerprint density at radius 3 is 2.38 bits per heavy atom. The van der Waals surface area contributed by atoms with E-state index < -0.39 is 5.97 Å². The molecule has 1 N–H and O–H groups in total. The van der Waals surface area contributed by atoms with Gasteiger partial charge in [0.15, 0.2) is 0 Å². The first kappa shape index (κ1) is 13.6. The van der Waals surface area contributed by atoms with E-state index in [1.807, 2.05) is 12.1 Å². The normalized spacial score (nSPS) is 15.0. The Morgan fingerprint density at radius 2 is 1.81 bits per heavy atom. The Kier molecular flexibility index (Phi) is 3.86. The molecule has 0 bridgehead atoms. The highest BCUT2D eigenvalue weighted by molar-refractivity contribution is 5.87. The topological polar surface area (TPSA) is 59.4 Å². The molecule has 1 aliphatic carbocycles. The van der Waals surface area contributed by atoms with Gasteiger partial charge in [0.05, 0.1) is 5.56 Å². The summed E-state index contributed by atoms with van der Waals surface area (Å²) in [5.41, 5.74) is 1.52. The lowest BCUT2D eigenvalue weighted by molar-refractivity contribution is 0.0696. The van der Waals surface area contributed by atoms with E-state index in [2.05, 4.69) is 17.1 Å². The van der Waals surface area contributed by atoms with Crippen LogP contribution in [0.2, 0.25) is 0 Å². The van der Waals surface area contributed by atoms with Crippen LogP contribution in [0.4, 0.5) is 0 Å². The number of carboxylic acids is 1. The minimum Gasteiger partial charge on any atom is -0.478 e. The first-order valence-electron chi connectivity index (χ1n) is 7.19. The van der Waals surface area contributed by atoms with Crippen molar-refractivity contribution in [3.8, 4) is 11.6 Å². The van der Waals surface area contributed by atoms with Crippen molar-refractivity contribution in [1.82, 2.24) is 4.98 Å². The number of hydrogen-bond donors (Lipinski definition) is 1. The summed E-state index contributed by atoms with van der Waals surface area (Å²) in [7, 11) is 0. The zero-order chi connectivity index (χ0) is 14.7. The standard InChI is InChI=1S/C17H17NO3/c19-17(20)14-7-10-16(18-11-14)21-15-8-5-13(6-9-15)12-3-1-2-4-12/h5-12H,1-4H2,(H,19,20). The van der Waals surface area contributed by atoms with Gasteiger partial charge >= 0.3 is 5.97 Å². The Hall–Kier alpha value is -2.36. The Bertz CT molecular complexity index is 613. The van der Waals surface area contributed by atoms with E-state index in [0.29, 0.717) is 17.5 Å². The van der Waals surface area contributed by atoms with Crippen molar-refractivity contribution in [2.75, 3.05) is 0 Å². The lowest BCUT2D eigenvalue weighted by Crippen LogP contribution is -1.97. The molecule has 0 saturated heterocycles. The SMILES string of the molecule is O=C(O)c1ccc(Oc2ccc(C3CCCC3)cc2)nc1. The van der Waals surface area contributed by atoms with Crippen molar-refractivity contribution in [2.45, 2.75) is 31.6 Å². The van der Waals surface area contributed by atoms with Gasteiger partial charge in [0.2, 0.25) is 5.88 Å². The predicted octanol–water partition coefficient (Wildman–Crippen LogP) is 4.23. The molecule has 0 atom stereocenters. The largest absolute Gasteiger partial charge is 0.478 e. The van der Waals surface area contributed by atoms with Crippen LogP contribution >= 0.6 is 0 Å². The highest BCUT2D eigenvalue weighted by Crippen LogP contribution is 2.34. The van der Waals surface area contributed by atoms with E-state index in [1.165, 1.54) is 43.5 Å². The van der Waals surface area contributed by atoms with Crippen LogP contribution in [0.15, 0.2) is 42.6 Å². The fourth-order valence-electron chi connectivity index (χ4n) is 2.76. The van der Waals surface area contributed by atoms with Crippen molar-refractivity contribution in [3.05, 3.63) is 53.7 Å². The van der Waals surface area contributed by atoms with Crippen LogP contribution < -0.4 is 4.74 Å². The Morgan fingerprint density at radius 1 is 1.10 bits per heavy atom. The third-order valence-electron chi connectivity index (χ3n) is 3.91. The Balaban J connectivity index is 1.68. The van der Waals surface area contributed by atoms with Crippen LogP contribution in [0, 0.1) is 0 Å².